The normalized spacial score (nSPS) is 19.8. The fourth-order valence-corrected chi connectivity index (χ4v) is 2.07. The summed E-state index contributed by atoms with van der Waals surface area (Å²) < 4.78 is 5.47. The monoisotopic (exact) mass is 228 g/mol. The summed E-state index contributed by atoms with van der Waals surface area (Å²) in [4.78, 5) is 13.1. The molecule has 0 aliphatic carbocycles. The molecular weight excluding hydrogens is 204 g/mol. The molecule has 1 N–H and O–H groups in total. The highest BCUT2D eigenvalue weighted by atomic mass is 16.5. The summed E-state index contributed by atoms with van der Waals surface area (Å²) in [5.74, 6) is 0.195. The Morgan fingerprint density at radius 1 is 1.50 bits per heavy atom. The van der Waals surface area contributed by atoms with Gasteiger partial charge >= 0.3 is 0 Å². The van der Waals surface area contributed by atoms with Crippen LogP contribution in [0.25, 0.3) is 0 Å². The van der Waals surface area contributed by atoms with Gasteiger partial charge in [0, 0.05) is 39.2 Å². The molecule has 1 rings (SSSR count). The number of ether oxygens (including phenoxy) is 1. The molecule has 16 heavy (non-hydrogen) atoms. The summed E-state index contributed by atoms with van der Waals surface area (Å²) in [5.41, 5.74) is 0. The molecule has 0 radical (unpaired) electrons. The fourth-order valence-electron chi connectivity index (χ4n) is 2.07. The Balaban J connectivity index is 2.14. The van der Waals surface area contributed by atoms with E-state index >= 15 is 0 Å². The SMILES string of the molecule is CCOC(C)CNC1CCN(C(C)=O)CC1. The first-order valence-electron chi connectivity index (χ1n) is 6.24. The van der Waals surface area contributed by atoms with E-state index in [0.29, 0.717) is 6.04 Å². The van der Waals surface area contributed by atoms with E-state index in [4.69, 9.17) is 4.74 Å². The van der Waals surface area contributed by atoms with E-state index in [1.54, 1.807) is 6.92 Å². The molecule has 1 fully saturated rings. The second-order valence-electron chi connectivity index (χ2n) is 4.45. The van der Waals surface area contributed by atoms with Crippen molar-refractivity contribution in [3.8, 4) is 0 Å². The zero-order valence-electron chi connectivity index (χ0n) is 10.7. The van der Waals surface area contributed by atoms with Gasteiger partial charge in [0.1, 0.15) is 0 Å². The average Bonchev–Trinajstić information content (AvgIpc) is 2.27. The van der Waals surface area contributed by atoms with Crippen LogP contribution in [0.2, 0.25) is 0 Å². The maximum absolute atomic E-state index is 11.1. The fraction of sp³-hybridized carbons (Fsp3) is 0.917. The highest BCUT2D eigenvalue weighted by molar-refractivity contribution is 5.73. The van der Waals surface area contributed by atoms with Crippen LogP contribution in [0.4, 0.5) is 0 Å². The van der Waals surface area contributed by atoms with Crippen molar-refractivity contribution in [2.45, 2.75) is 45.8 Å². The third kappa shape index (κ3) is 4.49. The molecule has 4 nitrogen and oxygen atoms in total. The second kappa shape index (κ2) is 6.86. The third-order valence-corrected chi connectivity index (χ3v) is 3.09. The first-order valence-corrected chi connectivity index (χ1v) is 6.24. The molecule has 4 heteroatoms. The third-order valence-electron chi connectivity index (χ3n) is 3.09. The molecular formula is C12H24N2O2. The number of carbonyl (C=O) groups is 1. The first kappa shape index (κ1) is 13.5. The molecule has 0 aromatic carbocycles. The number of amides is 1. The highest BCUT2D eigenvalue weighted by Gasteiger charge is 2.20. The summed E-state index contributed by atoms with van der Waals surface area (Å²) in [6.07, 6.45) is 2.38. The van der Waals surface area contributed by atoms with Gasteiger partial charge in [0.2, 0.25) is 5.91 Å². The van der Waals surface area contributed by atoms with Crippen LogP contribution in [-0.2, 0) is 9.53 Å². The number of rotatable bonds is 5. The molecule has 1 atom stereocenters. The molecule has 1 aliphatic rings. The molecule has 0 saturated carbocycles. The lowest BCUT2D eigenvalue weighted by Crippen LogP contribution is -2.45. The summed E-state index contributed by atoms with van der Waals surface area (Å²) in [7, 11) is 0. The minimum absolute atomic E-state index is 0.195. The van der Waals surface area contributed by atoms with Crippen LogP contribution in [-0.4, -0.2) is 49.2 Å². The molecule has 94 valence electrons. The molecule has 0 bridgehead atoms. The van der Waals surface area contributed by atoms with Crippen molar-refractivity contribution < 1.29 is 9.53 Å². The Morgan fingerprint density at radius 2 is 2.12 bits per heavy atom. The van der Waals surface area contributed by atoms with Gasteiger partial charge in [-0.25, -0.2) is 0 Å². The van der Waals surface area contributed by atoms with Gasteiger partial charge in [-0.1, -0.05) is 0 Å². The zero-order chi connectivity index (χ0) is 12.0. The zero-order valence-corrected chi connectivity index (χ0v) is 10.7. The minimum atomic E-state index is 0.195. The van der Waals surface area contributed by atoms with Crippen LogP contribution in [0, 0.1) is 0 Å². The number of piperidine rings is 1. The number of nitrogens with one attached hydrogen (secondary N) is 1. The molecule has 1 saturated heterocycles. The van der Waals surface area contributed by atoms with Gasteiger partial charge in [-0.3, -0.25) is 4.79 Å². The molecule has 0 aromatic heterocycles. The van der Waals surface area contributed by atoms with E-state index in [0.717, 1.165) is 39.1 Å². The van der Waals surface area contributed by atoms with E-state index in [-0.39, 0.29) is 12.0 Å². The number of hydrogen-bond donors (Lipinski definition) is 1. The number of carbonyl (C=O) groups excluding carboxylic acids is 1. The Morgan fingerprint density at radius 3 is 2.62 bits per heavy atom. The van der Waals surface area contributed by atoms with Crippen LogP contribution >= 0.6 is 0 Å². The van der Waals surface area contributed by atoms with Gasteiger partial charge in [-0.2, -0.15) is 0 Å². The van der Waals surface area contributed by atoms with Crippen LogP contribution in [0.3, 0.4) is 0 Å². The lowest BCUT2D eigenvalue weighted by molar-refractivity contribution is -0.129. The molecule has 1 aliphatic heterocycles. The number of likely N-dealkylation sites (tertiary alicyclic amines) is 1. The first-order chi connectivity index (χ1) is 7.63. The van der Waals surface area contributed by atoms with Crippen molar-refractivity contribution in [3.05, 3.63) is 0 Å². The van der Waals surface area contributed by atoms with Crippen molar-refractivity contribution in [2.75, 3.05) is 26.2 Å². The molecule has 1 heterocycles. The predicted molar refractivity (Wildman–Crippen MR) is 64.4 cm³/mol. The van der Waals surface area contributed by atoms with Crippen molar-refractivity contribution in [1.29, 1.82) is 0 Å². The minimum Gasteiger partial charge on any atom is -0.377 e. The number of nitrogens with zero attached hydrogens (tertiary/aromatic N) is 1. The summed E-state index contributed by atoms with van der Waals surface area (Å²) in [6, 6.07) is 0.540. The number of hydrogen-bond acceptors (Lipinski definition) is 3. The predicted octanol–water partition coefficient (Wildman–Crippen LogP) is 1.01. The van der Waals surface area contributed by atoms with Crippen LogP contribution in [0.5, 0.6) is 0 Å². The van der Waals surface area contributed by atoms with E-state index in [1.807, 2.05) is 11.8 Å². The summed E-state index contributed by atoms with van der Waals surface area (Å²) >= 11 is 0. The van der Waals surface area contributed by atoms with Gasteiger partial charge in [-0.15, -0.1) is 0 Å². The van der Waals surface area contributed by atoms with Crippen molar-refractivity contribution in [2.24, 2.45) is 0 Å². The Bertz CT molecular complexity index is 213. The van der Waals surface area contributed by atoms with Gasteiger partial charge in [-0.05, 0) is 26.7 Å². The van der Waals surface area contributed by atoms with Crippen LogP contribution in [0.15, 0.2) is 0 Å². The quantitative estimate of drug-likeness (QED) is 0.763. The van der Waals surface area contributed by atoms with E-state index < -0.39 is 0 Å². The summed E-state index contributed by atoms with van der Waals surface area (Å²) in [5, 5.41) is 3.50. The van der Waals surface area contributed by atoms with Crippen molar-refractivity contribution >= 4 is 5.91 Å². The van der Waals surface area contributed by atoms with Crippen molar-refractivity contribution in [1.82, 2.24) is 10.2 Å². The molecule has 0 spiro atoms. The van der Waals surface area contributed by atoms with Crippen LogP contribution < -0.4 is 5.32 Å². The molecule has 1 unspecified atom stereocenters. The Labute approximate surface area is 98.3 Å². The second-order valence-corrected chi connectivity index (χ2v) is 4.45. The van der Waals surface area contributed by atoms with Gasteiger partial charge in [0.05, 0.1) is 6.10 Å². The lowest BCUT2D eigenvalue weighted by atomic mass is 10.0. The highest BCUT2D eigenvalue weighted by Crippen LogP contribution is 2.10. The molecule has 1 amide bonds. The van der Waals surface area contributed by atoms with Gasteiger partial charge in [0.25, 0.3) is 0 Å². The largest absolute Gasteiger partial charge is 0.377 e. The van der Waals surface area contributed by atoms with E-state index in [1.165, 1.54) is 0 Å². The average molecular weight is 228 g/mol. The van der Waals surface area contributed by atoms with Crippen molar-refractivity contribution in [3.63, 3.8) is 0 Å². The maximum atomic E-state index is 11.1. The maximum Gasteiger partial charge on any atom is 0.219 e. The van der Waals surface area contributed by atoms with Gasteiger partial charge in [0.15, 0.2) is 0 Å². The van der Waals surface area contributed by atoms with E-state index in [9.17, 15) is 4.79 Å². The summed E-state index contributed by atoms with van der Waals surface area (Å²) in [6.45, 7) is 9.18. The van der Waals surface area contributed by atoms with Crippen LogP contribution in [0.1, 0.15) is 33.6 Å². The van der Waals surface area contributed by atoms with E-state index in [2.05, 4.69) is 12.2 Å². The Kier molecular flexibility index (Phi) is 5.77. The smallest absolute Gasteiger partial charge is 0.219 e. The standard InChI is InChI=1S/C12H24N2O2/c1-4-16-10(2)9-13-12-5-7-14(8-6-12)11(3)15/h10,12-13H,4-9H2,1-3H3. The topological polar surface area (TPSA) is 41.6 Å². The molecule has 0 aromatic rings. The lowest BCUT2D eigenvalue weighted by Gasteiger charge is -2.32. The van der Waals surface area contributed by atoms with Gasteiger partial charge < -0.3 is 15.0 Å². The Hall–Kier alpha value is -0.610.